The minimum absolute atomic E-state index is 0.0302. The molecule has 0 aromatic carbocycles. The summed E-state index contributed by atoms with van der Waals surface area (Å²) in [6.45, 7) is 2.79. The molecule has 0 saturated heterocycles. The van der Waals surface area contributed by atoms with Gasteiger partial charge in [-0.1, -0.05) is 11.6 Å². The molecule has 0 bridgehead atoms. The maximum atomic E-state index is 13.3. The summed E-state index contributed by atoms with van der Waals surface area (Å²) in [6.07, 6.45) is 1.39. The van der Waals surface area contributed by atoms with Crippen molar-refractivity contribution in [2.24, 2.45) is 0 Å². The van der Waals surface area contributed by atoms with Gasteiger partial charge < -0.3 is 10.0 Å². The van der Waals surface area contributed by atoms with Crippen molar-refractivity contribution in [2.45, 2.75) is 6.92 Å². The van der Waals surface area contributed by atoms with Crippen molar-refractivity contribution < 1.29 is 9.50 Å². The van der Waals surface area contributed by atoms with E-state index in [1.54, 1.807) is 4.90 Å². The van der Waals surface area contributed by atoms with Crippen LogP contribution < -0.4 is 4.90 Å². The topological polar surface area (TPSA) is 36.4 Å². The van der Waals surface area contributed by atoms with Crippen LogP contribution in [0.25, 0.3) is 0 Å². The van der Waals surface area contributed by atoms with E-state index in [4.69, 9.17) is 16.7 Å². The van der Waals surface area contributed by atoms with E-state index in [0.717, 1.165) is 0 Å². The lowest BCUT2D eigenvalue weighted by atomic mass is 10.4. The molecule has 0 unspecified atom stereocenters. The summed E-state index contributed by atoms with van der Waals surface area (Å²) in [5.74, 6) is -0.237. The number of aromatic nitrogens is 1. The molecule has 78 valence electrons. The van der Waals surface area contributed by atoms with Gasteiger partial charge in [-0.05, 0) is 13.0 Å². The van der Waals surface area contributed by atoms with Crippen molar-refractivity contribution in [3.63, 3.8) is 0 Å². The summed E-state index contributed by atoms with van der Waals surface area (Å²) < 4.78 is 13.3. The van der Waals surface area contributed by atoms with Gasteiger partial charge in [-0.25, -0.2) is 9.37 Å². The third-order valence-corrected chi connectivity index (χ3v) is 2.05. The number of anilines is 1. The summed E-state index contributed by atoms with van der Waals surface area (Å²) in [5.41, 5.74) is 0. The standard InChI is InChI=1S/C9H12ClFN2O/c1-2-13(3-4-14)9-8(11)5-7(10)6-12-9/h5-6,14H,2-4H2,1H3. The van der Waals surface area contributed by atoms with E-state index in [0.29, 0.717) is 13.1 Å². The number of rotatable bonds is 4. The molecule has 0 aliphatic heterocycles. The fourth-order valence-electron chi connectivity index (χ4n) is 1.17. The Kier molecular flexibility index (Phi) is 4.10. The second-order valence-corrected chi connectivity index (χ2v) is 3.20. The Morgan fingerprint density at radius 2 is 2.36 bits per heavy atom. The predicted molar refractivity (Wildman–Crippen MR) is 54.2 cm³/mol. The average Bonchev–Trinajstić information content (AvgIpc) is 2.15. The fourth-order valence-corrected chi connectivity index (χ4v) is 1.32. The van der Waals surface area contributed by atoms with Gasteiger partial charge in [0.15, 0.2) is 11.6 Å². The first-order valence-corrected chi connectivity index (χ1v) is 4.73. The molecule has 0 atom stereocenters. The maximum Gasteiger partial charge on any atom is 0.167 e. The van der Waals surface area contributed by atoms with E-state index in [-0.39, 0.29) is 17.4 Å². The quantitative estimate of drug-likeness (QED) is 0.836. The van der Waals surface area contributed by atoms with Crippen molar-refractivity contribution >= 4 is 17.4 Å². The number of pyridine rings is 1. The van der Waals surface area contributed by atoms with E-state index in [9.17, 15) is 4.39 Å². The first kappa shape index (κ1) is 11.2. The molecule has 0 aliphatic rings. The molecule has 1 aromatic heterocycles. The summed E-state index contributed by atoms with van der Waals surface area (Å²) >= 11 is 5.57. The minimum atomic E-state index is -0.465. The number of nitrogens with zero attached hydrogens (tertiary/aromatic N) is 2. The molecule has 1 heterocycles. The number of aliphatic hydroxyl groups is 1. The Hall–Kier alpha value is -0.870. The second kappa shape index (κ2) is 5.12. The highest BCUT2D eigenvalue weighted by Crippen LogP contribution is 2.18. The van der Waals surface area contributed by atoms with Crippen LogP contribution >= 0.6 is 11.6 Å². The van der Waals surface area contributed by atoms with Gasteiger partial charge in [-0.2, -0.15) is 0 Å². The van der Waals surface area contributed by atoms with Crippen molar-refractivity contribution in [1.29, 1.82) is 0 Å². The Balaban J connectivity index is 2.92. The van der Waals surface area contributed by atoms with Gasteiger partial charge in [0.25, 0.3) is 0 Å². The van der Waals surface area contributed by atoms with Gasteiger partial charge in [0.1, 0.15) is 0 Å². The fraction of sp³-hybridized carbons (Fsp3) is 0.444. The zero-order valence-electron chi connectivity index (χ0n) is 7.87. The Labute approximate surface area is 87.1 Å². The average molecular weight is 219 g/mol. The Bertz CT molecular complexity index is 309. The number of halogens is 2. The summed E-state index contributed by atoms with van der Waals surface area (Å²) in [5, 5.41) is 9.03. The van der Waals surface area contributed by atoms with Crippen LogP contribution in [0.2, 0.25) is 5.02 Å². The lowest BCUT2D eigenvalue weighted by molar-refractivity contribution is 0.301. The van der Waals surface area contributed by atoms with Crippen LogP contribution in [0.5, 0.6) is 0 Å². The molecule has 0 fully saturated rings. The highest BCUT2D eigenvalue weighted by molar-refractivity contribution is 6.30. The van der Waals surface area contributed by atoms with Crippen molar-refractivity contribution in [3.05, 3.63) is 23.1 Å². The van der Waals surface area contributed by atoms with E-state index >= 15 is 0 Å². The van der Waals surface area contributed by atoms with Crippen LogP contribution in [0.1, 0.15) is 6.92 Å². The minimum Gasteiger partial charge on any atom is -0.395 e. The van der Waals surface area contributed by atoms with E-state index in [1.807, 2.05) is 6.92 Å². The van der Waals surface area contributed by atoms with Crippen LogP contribution in [-0.4, -0.2) is 29.8 Å². The van der Waals surface area contributed by atoms with Gasteiger partial charge in [0.2, 0.25) is 0 Å². The highest BCUT2D eigenvalue weighted by atomic mass is 35.5. The molecule has 14 heavy (non-hydrogen) atoms. The first-order valence-electron chi connectivity index (χ1n) is 4.36. The largest absolute Gasteiger partial charge is 0.395 e. The molecule has 5 heteroatoms. The van der Waals surface area contributed by atoms with Crippen LogP contribution in [0.4, 0.5) is 10.2 Å². The van der Waals surface area contributed by atoms with Gasteiger partial charge in [0, 0.05) is 19.3 Å². The smallest absolute Gasteiger partial charge is 0.167 e. The molecule has 3 nitrogen and oxygen atoms in total. The van der Waals surface area contributed by atoms with Crippen molar-refractivity contribution in [1.82, 2.24) is 4.98 Å². The zero-order chi connectivity index (χ0) is 10.6. The summed E-state index contributed by atoms with van der Waals surface area (Å²) in [6, 6.07) is 1.21. The predicted octanol–water partition coefficient (Wildman–Crippen LogP) is 1.69. The molecule has 1 N–H and O–H groups in total. The molecule has 0 radical (unpaired) electrons. The van der Waals surface area contributed by atoms with E-state index < -0.39 is 5.82 Å². The molecule has 0 spiro atoms. The number of hydrogen-bond acceptors (Lipinski definition) is 3. The second-order valence-electron chi connectivity index (χ2n) is 2.76. The monoisotopic (exact) mass is 218 g/mol. The van der Waals surface area contributed by atoms with Gasteiger partial charge in [-0.3, -0.25) is 0 Å². The van der Waals surface area contributed by atoms with Crippen molar-refractivity contribution in [2.75, 3.05) is 24.6 Å². The Morgan fingerprint density at radius 1 is 1.64 bits per heavy atom. The van der Waals surface area contributed by atoms with Crippen LogP contribution in [0.3, 0.4) is 0 Å². The number of likely N-dealkylation sites (N-methyl/N-ethyl adjacent to an activating group) is 1. The maximum absolute atomic E-state index is 13.3. The van der Waals surface area contributed by atoms with Crippen LogP contribution in [-0.2, 0) is 0 Å². The normalized spacial score (nSPS) is 10.3. The Morgan fingerprint density at radius 3 is 2.86 bits per heavy atom. The molecule has 0 aliphatic carbocycles. The molecular formula is C9H12ClFN2O. The number of aliphatic hydroxyl groups excluding tert-OH is 1. The molecule has 0 saturated carbocycles. The summed E-state index contributed by atoms with van der Waals surface area (Å²) in [7, 11) is 0. The zero-order valence-corrected chi connectivity index (χ0v) is 8.63. The SMILES string of the molecule is CCN(CCO)c1ncc(Cl)cc1F. The van der Waals surface area contributed by atoms with Gasteiger partial charge in [0.05, 0.1) is 11.6 Å². The highest BCUT2D eigenvalue weighted by Gasteiger charge is 2.11. The third-order valence-electron chi connectivity index (χ3n) is 1.84. The van der Waals surface area contributed by atoms with Crippen molar-refractivity contribution in [3.8, 4) is 0 Å². The molecule has 1 aromatic rings. The first-order chi connectivity index (χ1) is 6.69. The van der Waals surface area contributed by atoms with Crippen LogP contribution in [0.15, 0.2) is 12.3 Å². The van der Waals surface area contributed by atoms with E-state index in [2.05, 4.69) is 4.98 Å². The molecule has 1 rings (SSSR count). The lowest BCUT2D eigenvalue weighted by Gasteiger charge is -2.20. The van der Waals surface area contributed by atoms with E-state index in [1.165, 1.54) is 12.3 Å². The number of hydrogen-bond donors (Lipinski definition) is 1. The lowest BCUT2D eigenvalue weighted by Crippen LogP contribution is -2.27. The van der Waals surface area contributed by atoms with Crippen LogP contribution in [0, 0.1) is 5.82 Å². The third kappa shape index (κ3) is 2.56. The summed E-state index contributed by atoms with van der Waals surface area (Å²) in [4.78, 5) is 5.52. The van der Waals surface area contributed by atoms with Gasteiger partial charge in [-0.15, -0.1) is 0 Å². The molecule has 0 amide bonds. The molecular weight excluding hydrogens is 207 g/mol. The van der Waals surface area contributed by atoms with Gasteiger partial charge >= 0.3 is 0 Å².